The number of nitrogens with zero attached hydrogens (tertiary/aromatic N) is 2. The SMILES string of the molecule is O=C1NC(Cc2cccc(Nc3ccn[nH]3)c2)C(=O)N1c1c2c(cc3c1CCC3)CCC2. The van der Waals surface area contributed by atoms with Crippen molar-refractivity contribution < 1.29 is 9.59 Å². The van der Waals surface area contributed by atoms with Gasteiger partial charge in [-0.15, -0.1) is 0 Å². The molecular formula is C25H25N5O2. The Morgan fingerprint density at radius 3 is 2.50 bits per heavy atom. The lowest BCUT2D eigenvalue weighted by Gasteiger charge is -2.21. The van der Waals surface area contributed by atoms with Crippen LogP contribution < -0.4 is 15.5 Å². The van der Waals surface area contributed by atoms with Gasteiger partial charge in [-0.05, 0) is 78.5 Å². The molecule has 6 rings (SSSR count). The highest BCUT2D eigenvalue weighted by atomic mass is 16.2. The van der Waals surface area contributed by atoms with Gasteiger partial charge in [0.15, 0.2) is 0 Å². The molecule has 162 valence electrons. The third kappa shape index (κ3) is 3.16. The summed E-state index contributed by atoms with van der Waals surface area (Å²) in [6, 6.07) is 11.2. The van der Waals surface area contributed by atoms with Crippen LogP contribution in [-0.4, -0.2) is 28.2 Å². The predicted octanol–water partition coefficient (Wildman–Crippen LogP) is 3.80. The fraction of sp³-hybridized carbons (Fsp3) is 0.320. The minimum absolute atomic E-state index is 0.142. The number of carbonyl (C=O) groups is 2. The molecule has 1 saturated heterocycles. The smallest absolute Gasteiger partial charge is 0.329 e. The van der Waals surface area contributed by atoms with E-state index in [9.17, 15) is 9.59 Å². The Kier molecular flexibility index (Phi) is 4.48. The molecule has 1 atom stereocenters. The number of nitrogens with one attached hydrogen (secondary N) is 3. The maximum absolute atomic E-state index is 13.5. The van der Waals surface area contributed by atoms with Gasteiger partial charge in [0, 0.05) is 18.2 Å². The molecule has 3 amide bonds. The number of H-pyrrole nitrogens is 1. The summed E-state index contributed by atoms with van der Waals surface area (Å²) >= 11 is 0. The lowest BCUT2D eigenvalue weighted by atomic mass is 9.97. The molecule has 1 unspecified atom stereocenters. The van der Waals surface area contributed by atoms with Gasteiger partial charge < -0.3 is 10.6 Å². The summed E-state index contributed by atoms with van der Waals surface area (Å²) in [5.74, 6) is 0.654. The molecule has 1 aromatic heterocycles. The van der Waals surface area contributed by atoms with E-state index in [4.69, 9.17) is 0 Å². The molecule has 7 heteroatoms. The third-order valence-electron chi connectivity index (χ3n) is 6.83. The number of urea groups is 1. The fourth-order valence-corrected chi connectivity index (χ4v) is 5.43. The van der Waals surface area contributed by atoms with Crippen LogP contribution in [0.1, 0.15) is 40.7 Å². The van der Waals surface area contributed by atoms with Crippen LogP contribution >= 0.6 is 0 Å². The van der Waals surface area contributed by atoms with Crippen molar-refractivity contribution in [1.82, 2.24) is 15.5 Å². The van der Waals surface area contributed by atoms with Crippen LogP contribution in [0.3, 0.4) is 0 Å². The van der Waals surface area contributed by atoms with E-state index in [1.807, 2.05) is 30.3 Å². The van der Waals surface area contributed by atoms with Crippen LogP contribution in [0.5, 0.6) is 0 Å². The number of aryl methyl sites for hydroxylation is 2. The monoisotopic (exact) mass is 427 g/mol. The highest BCUT2D eigenvalue weighted by Gasteiger charge is 2.42. The standard InChI is InChI=1S/C25H25N5O2/c31-24-21(13-15-4-1-7-18(12-15)27-22-10-11-26-29-22)28-25(32)30(24)23-19-8-2-5-16(19)14-17-6-3-9-20(17)23/h1,4,7,10-12,14,21H,2-3,5-6,8-9,13H2,(H,28,32)(H2,26,27,29). The van der Waals surface area contributed by atoms with E-state index >= 15 is 0 Å². The minimum Gasteiger partial charge on any atom is -0.341 e. The number of imide groups is 1. The van der Waals surface area contributed by atoms with Crippen molar-refractivity contribution in [2.75, 3.05) is 10.2 Å². The number of fused-ring (bicyclic) bond motifs is 2. The van der Waals surface area contributed by atoms with Gasteiger partial charge >= 0.3 is 6.03 Å². The Labute approximate surface area is 186 Å². The number of aromatic nitrogens is 2. The molecule has 1 fully saturated rings. The van der Waals surface area contributed by atoms with Gasteiger partial charge in [-0.25, -0.2) is 9.69 Å². The zero-order valence-corrected chi connectivity index (χ0v) is 17.8. The second kappa shape index (κ2) is 7.51. The minimum atomic E-state index is -0.556. The zero-order valence-electron chi connectivity index (χ0n) is 17.8. The van der Waals surface area contributed by atoms with E-state index in [-0.39, 0.29) is 11.9 Å². The molecule has 3 aliphatic rings. The summed E-state index contributed by atoms with van der Waals surface area (Å²) in [5.41, 5.74) is 7.84. The van der Waals surface area contributed by atoms with Gasteiger partial charge in [0.05, 0.1) is 11.9 Å². The maximum Gasteiger partial charge on any atom is 0.329 e. The summed E-state index contributed by atoms with van der Waals surface area (Å²) in [6.45, 7) is 0. The number of hydrogen-bond acceptors (Lipinski definition) is 4. The van der Waals surface area contributed by atoms with E-state index < -0.39 is 6.04 Å². The fourth-order valence-electron chi connectivity index (χ4n) is 5.43. The van der Waals surface area contributed by atoms with Gasteiger partial charge in [0.25, 0.3) is 5.91 Å². The highest BCUT2D eigenvalue weighted by molar-refractivity contribution is 6.22. The number of anilines is 3. The van der Waals surface area contributed by atoms with E-state index in [0.717, 1.165) is 61.3 Å². The summed E-state index contributed by atoms with van der Waals surface area (Å²) in [6.07, 6.45) is 8.30. The number of carbonyl (C=O) groups excluding carboxylic acids is 2. The van der Waals surface area contributed by atoms with Crippen LogP contribution in [0.4, 0.5) is 22.0 Å². The number of hydrogen-bond donors (Lipinski definition) is 3. The first kappa shape index (κ1) is 19.1. The van der Waals surface area contributed by atoms with Gasteiger partial charge in [-0.3, -0.25) is 9.89 Å². The van der Waals surface area contributed by atoms with Crippen molar-refractivity contribution in [3.63, 3.8) is 0 Å². The number of amides is 3. The lowest BCUT2D eigenvalue weighted by molar-refractivity contribution is -0.118. The topological polar surface area (TPSA) is 90.1 Å². The van der Waals surface area contributed by atoms with E-state index in [1.54, 1.807) is 6.20 Å². The van der Waals surface area contributed by atoms with E-state index in [2.05, 4.69) is 26.9 Å². The average Bonchev–Trinajstić information content (AvgIpc) is 3.57. The predicted molar refractivity (Wildman–Crippen MR) is 122 cm³/mol. The summed E-state index contributed by atoms with van der Waals surface area (Å²) < 4.78 is 0. The van der Waals surface area contributed by atoms with Crippen molar-refractivity contribution in [3.8, 4) is 0 Å². The van der Waals surface area contributed by atoms with E-state index in [1.165, 1.54) is 27.2 Å². The molecule has 32 heavy (non-hydrogen) atoms. The third-order valence-corrected chi connectivity index (χ3v) is 6.83. The molecule has 3 aromatic rings. The molecule has 0 spiro atoms. The van der Waals surface area contributed by atoms with Crippen LogP contribution in [0.2, 0.25) is 0 Å². The number of rotatable bonds is 5. The first-order valence-electron chi connectivity index (χ1n) is 11.3. The molecule has 0 bridgehead atoms. The first-order chi connectivity index (χ1) is 15.7. The summed E-state index contributed by atoms with van der Waals surface area (Å²) in [4.78, 5) is 28.0. The van der Waals surface area contributed by atoms with Crippen molar-refractivity contribution >= 4 is 29.1 Å². The summed E-state index contributed by atoms with van der Waals surface area (Å²) in [5, 5.41) is 13.0. The Hall–Kier alpha value is -3.61. The Morgan fingerprint density at radius 1 is 1.00 bits per heavy atom. The second-order valence-electron chi connectivity index (χ2n) is 8.88. The van der Waals surface area contributed by atoms with Gasteiger partial charge in [0.2, 0.25) is 0 Å². The molecule has 0 saturated carbocycles. The van der Waals surface area contributed by atoms with Gasteiger partial charge in [-0.2, -0.15) is 5.10 Å². The maximum atomic E-state index is 13.5. The summed E-state index contributed by atoms with van der Waals surface area (Å²) in [7, 11) is 0. The van der Waals surface area contributed by atoms with Crippen molar-refractivity contribution in [2.24, 2.45) is 0 Å². The van der Waals surface area contributed by atoms with Gasteiger partial charge in [0.1, 0.15) is 11.9 Å². The largest absolute Gasteiger partial charge is 0.341 e. The van der Waals surface area contributed by atoms with E-state index in [0.29, 0.717) is 6.42 Å². The van der Waals surface area contributed by atoms with Crippen LogP contribution in [0.25, 0.3) is 0 Å². The molecule has 0 radical (unpaired) electrons. The van der Waals surface area contributed by atoms with Crippen molar-refractivity contribution in [3.05, 3.63) is 70.4 Å². The van der Waals surface area contributed by atoms with Crippen LogP contribution in [0, 0.1) is 0 Å². The lowest BCUT2D eigenvalue weighted by Crippen LogP contribution is -2.33. The van der Waals surface area contributed by atoms with Crippen LogP contribution in [0.15, 0.2) is 42.6 Å². The van der Waals surface area contributed by atoms with Crippen molar-refractivity contribution in [1.29, 1.82) is 0 Å². The highest BCUT2D eigenvalue weighted by Crippen LogP contribution is 2.41. The average molecular weight is 428 g/mol. The second-order valence-corrected chi connectivity index (χ2v) is 8.88. The van der Waals surface area contributed by atoms with Crippen LogP contribution in [-0.2, 0) is 36.9 Å². The van der Waals surface area contributed by atoms with Gasteiger partial charge in [-0.1, -0.05) is 18.2 Å². The number of aromatic amines is 1. The molecule has 3 N–H and O–H groups in total. The van der Waals surface area contributed by atoms with Crippen molar-refractivity contribution in [2.45, 2.75) is 51.0 Å². The zero-order chi connectivity index (χ0) is 21.7. The molecular weight excluding hydrogens is 402 g/mol. The molecule has 2 heterocycles. The first-order valence-corrected chi connectivity index (χ1v) is 11.3. The molecule has 2 aliphatic carbocycles. The Bertz CT molecular complexity index is 1190. The molecule has 7 nitrogen and oxygen atoms in total. The molecule has 1 aliphatic heterocycles. The number of benzene rings is 2. The quantitative estimate of drug-likeness (QED) is 0.540. The Morgan fingerprint density at radius 2 is 1.78 bits per heavy atom. The Balaban J connectivity index is 1.27. The molecule has 2 aromatic carbocycles. The normalized spacial score (nSPS) is 19.2.